The monoisotopic (exact) mass is 262 g/mol. The molecule has 18 heavy (non-hydrogen) atoms. The van der Waals surface area contributed by atoms with E-state index in [1.165, 1.54) is 5.69 Å². The van der Waals surface area contributed by atoms with Crippen molar-refractivity contribution in [3.8, 4) is 11.3 Å². The van der Waals surface area contributed by atoms with Crippen LogP contribution in [0.2, 0.25) is 0 Å². The zero-order valence-electron chi connectivity index (χ0n) is 10.7. The Morgan fingerprint density at radius 3 is 2.94 bits per heavy atom. The summed E-state index contributed by atoms with van der Waals surface area (Å²) in [5.74, 6) is 0. The van der Waals surface area contributed by atoms with Crippen LogP contribution in [0.3, 0.4) is 0 Å². The van der Waals surface area contributed by atoms with Crippen LogP contribution >= 0.6 is 11.3 Å². The average Bonchev–Trinajstić information content (AvgIpc) is 2.85. The highest BCUT2D eigenvalue weighted by molar-refractivity contribution is 7.14. The summed E-state index contributed by atoms with van der Waals surface area (Å²) in [6.45, 7) is 1.37. The third kappa shape index (κ3) is 3.00. The second-order valence-electron chi connectivity index (χ2n) is 4.20. The Balaban J connectivity index is 2.20. The van der Waals surface area contributed by atoms with Crippen molar-refractivity contribution in [1.29, 1.82) is 0 Å². The molecule has 0 aliphatic rings. The summed E-state index contributed by atoms with van der Waals surface area (Å²) in [4.78, 5) is 6.64. The zero-order chi connectivity index (χ0) is 13.0. The summed E-state index contributed by atoms with van der Waals surface area (Å²) in [5, 5.41) is 6.18. The van der Waals surface area contributed by atoms with Gasteiger partial charge in [0, 0.05) is 43.8 Å². The average molecular weight is 262 g/mol. The van der Waals surface area contributed by atoms with Gasteiger partial charge in [-0.15, -0.1) is 11.3 Å². The van der Waals surface area contributed by atoms with Gasteiger partial charge in [-0.3, -0.25) is 0 Å². The molecule has 0 atom stereocenters. The van der Waals surface area contributed by atoms with Gasteiger partial charge in [0.25, 0.3) is 0 Å². The highest BCUT2D eigenvalue weighted by Crippen LogP contribution is 2.27. The van der Waals surface area contributed by atoms with Crippen LogP contribution in [0, 0.1) is 0 Å². The highest BCUT2D eigenvalue weighted by Gasteiger charge is 2.05. The molecule has 0 saturated heterocycles. The summed E-state index contributed by atoms with van der Waals surface area (Å²) < 4.78 is 0. The lowest BCUT2D eigenvalue weighted by molar-refractivity contribution is 1.02. The van der Waals surface area contributed by atoms with Crippen LogP contribution in [-0.2, 0) is 0 Å². The third-order valence-corrected chi connectivity index (χ3v) is 3.38. The second kappa shape index (κ2) is 5.84. The van der Waals surface area contributed by atoms with Gasteiger partial charge in [-0.1, -0.05) is 12.1 Å². The van der Waals surface area contributed by atoms with Crippen molar-refractivity contribution < 1.29 is 0 Å². The van der Waals surface area contributed by atoms with Crippen molar-refractivity contribution in [3.63, 3.8) is 0 Å². The van der Waals surface area contributed by atoms with Gasteiger partial charge in [-0.05, 0) is 12.1 Å². The molecule has 0 spiro atoms. The number of anilines is 2. The van der Waals surface area contributed by atoms with Gasteiger partial charge in [0.15, 0.2) is 5.13 Å². The molecule has 96 valence electrons. The Morgan fingerprint density at radius 1 is 1.39 bits per heavy atom. The molecule has 1 aromatic carbocycles. The van der Waals surface area contributed by atoms with Gasteiger partial charge in [-0.25, -0.2) is 4.98 Å². The number of hydrogen-bond acceptors (Lipinski definition) is 5. The van der Waals surface area contributed by atoms with E-state index in [4.69, 9.17) is 5.73 Å². The first kappa shape index (κ1) is 12.9. The van der Waals surface area contributed by atoms with E-state index in [9.17, 15) is 0 Å². The van der Waals surface area contributed by atoms with E-state index in [0.717, 1.165) is 22.9 Å². The van der Waals surface area contributed by atoms with E-state index < -0.39 is 0 Å². The fourth-order valence-electron chi connectivity index (χ4n) is 1.61. The molecular formula is C13H18N4S. The van der Waals surface area contributed by atoms with Crippen LogP contribution in [0.25, 0.3) is 11.3 Å². The predicted molar refractivity (Wildman–Crippen MR) is 79.4 cm³/mol. The first-order chi connectivity index (χ1) is 8.70. The molecule has 0 fully saturated rings. The molecule has 1 aromatic heterocycles. The Kier molecular flexibility index (Phi) is 4.17. The van der Waals surface area contributed by atoms with E-state index in [1.54, 1.807) is 11.3 Å². The Morgan fingerprint density at radius 2 is 2.22 bits per heavy atom. The van der Waals surface area contributed by atoms with Gasteiger partial charge in [0.2, 0.25) is 0 Å². The maximum Gasteiger partial charge on any atom is 0.183 e. The van der Waals surface area contributed by atoms with Crippen LogP contribution in [0.1, 0.15) is 0 Å². The van der Waals surface area contributed by atoms with Gasteiger partial charge in [-0.2, -0.15) is 0 Å². The van der Waals surface area contributed by atoms with Crippen molar-refractivity contribution >= 4 is 22.2 Å². The standard InChI is InChI=1S/C13H18N4S/c1-17(2)11-5-3-4-10(8-11)12-9-18-13(16-12)15-7-6-14/h3-5,8-9H,6-7,14H2,1-2H3,(H,15,16). The highest BCUT2D eigenvalue weighted by atomic mass is 32.1. The summed E-state index contributed by atoms with van der Waals surface area (Å²) in [7, 11) is 4.07. The Bertz CT molecular complexity index is 507. The van der Waals surface area contributed by atoms with E-state index in [2.05, 4.69) is 44.8 Å². The molecule has 2 aromatic rings. The number of hydrogen-bond donors (Lipinski definition) is 2. The molecule has 0 bridgehead atoms. The van der Waals surface area contributed by atoms with Gasteiger partial charge >= 0.3 is 0 Å². The lowest BCUT2D eigenvalue weighted by Gasteiger charge is -2.12. The van der Waals surface area contributed by atoms with Crippen LogP contribution in [0.5, 0.6) is 0 Å². The van der Waals surface area contributed by atoms with Crippen LogP contribution in [0.4, 0.5) is 10.8 Å². The number of aromatic nitrogens is 1. The van der Waals surface area contributed by atoms with Gasteiger partial charge < -0.3 is 16.0 Å². The zero-order valence-corrected chi connectivity index (χ0v) is 11.5. The number of nitrogens with zero attached hydrogens (tertiary/aromatic N) is 2. The normalized spacial score (nSPS) is 10.4. The number of rotatable bonds is 5. The molecule has 5 heteroatoms. The number of thiazole rings is 1. The Hall–Kier alpha value is -1.59. The fraction of sp³-hybridized carbons (Fsp3) is 0.308. The maximum atomic E-state index is 5.46. The molecule has 3 N–H and O–H groups in total. The molecule has 0 radical (unpaired) electrons. The molecule has 0 aliphatic carbocycles. The Labute approximate surface area is 111 Å². The predicted octanol–water partition coefficient (Wildman–Crippen LogP) is 2.25. The number of nitrogens with one attached hydrogen (secondary N) is 1. The van der Waals surface area contributed by atoms with Crippen molar-refractivity contribution in [1.82, 2.24) is 4.98 Å². The SMILES string of the molecule is CN(C)c1cccc(-c2csc(NCCN)n2)c1. The maximum absolute atomic E-state index is 5.46. The summed E-state index contributed by atoms with van der Waals surface area (Å²) in [6, 6.07) is 8.36. The lowest BCUT2D eigenvalue weighted by Crippen LogP contribution is -2.12. The molecule has 1 heterocycles. The number of nitrogens with two attached hydrogens (primary N) is 1. The van der Waals surface area contributed by atoms with Crippen LogP contribution in [-0.4, -0.2) is 32.2 Å². The summed E-state index contributed by atoms with van der Waals surface area (Å²) >= 11 is 1.61. The molecular weight excluding hydrogens is 244 g/mol. The molecule has 4 nitrogen and oxygen atoms in total. The topological polar surface area (TPSA) is 54.2 Å². The minimum absolute atomic E-state index is 0.616. The molecule has 0 saturated carbocycles. The largest absolute Gasteiger partial charge is 0.378 e. The molecule has 0 aliphatic heterocycles. The molecule has 0 amide bonds. The van der Waals surface area contributed by atoms with Crippen molar-refractivity contribution in [3.05, 3.63) is 29.6 Å². The minimum Gasteiger partial charge on any atom is -0.378 e. The lowest BCUT2D eigenvalue weighted by atomic mass is 10.1. The van der Waals surface area contributed by atoms with Crippen molar-refractivity contribution in [2.24, 2.45) is 5.73 Å². The van der Waals surface area contributed by atoms with Crippen molar-refractivity contribution in [2.45, 2.75) is 0 Å². The smallest absolute Gasteiger partial charge is 0.183 e. The fourth-order valence-corrected chi connectivity index (χ4v) is 2.36. The minimum atomic E-state index is 0.616. The van der Waals surface area contributed by atoms with E-state index in [0.29, 0.717) is 6.54 Å². The van der Waals surface area contributed by atoms with Crippen molar-refractivity contribution in [2.75, 3.05) is 37.4 Å². The van der Waals surface area contributed by atoms with Gasteiger partial charge in [0.1, 0.15) is 0 Å². The quantitative estimate of drug-likeness (QED) is 0.867. The third-order valence-electron chi connectivity index (χ3n) is 2.58. The van der Waals surface area contributed by atoms with E-state index in [1.807, 2.05) is 14.1 Å². The second-order valence-corrected chi connectivity index (χ2v) is 5.06. The van der Waals surface area contributed by atoms with Crippen LogP contribution in [0.15, 0.2) is 29.6 Å². The molecule has 2 rings (SSSR count). The summed E-state index contributed by atoms with van der Waals surface area (Å²) in [5.41, 5.74) is 8.77. The van der Waals surface area contributed by atoms with E-state index >= 15 is 0 Å². The first-order valence-electron chi connectivity index (χ1n) is 5.88. The van der Waals surface area contributed by atoms with Crippen LogP contribution < -0.4 is 16.0 Å². The first-order valence-corrected chi connectivity index (χ1v) is 6.76. The van der Waals surface area contributed by atoms with E-state index in [-0.39, 0.29) is 0 Å². The van der Waals surface area contributed by atoms with Gasteiger partial charge in [0.05, 0.1) is 5.69 Å². The molecule has 0 unspecified atom stereocenters. The summed E-state index contributed by atoms with van der Waals surface area (Å²) in [6.07, 6.45) is 0. The number of benzene rings is 1.